The SMILES string of the molecule is c1ccc(-n2c3ccccc3c3c(N(c4nc5ccccc5[nH]4)c4nc5cccc(-c6ccc(-n7c8ccccc8c8cc(N(c9nc%10ccccc%10[nH]9)c9nc%10ccccc%10[nH]9)ccc87)c7c6oc6ccccc67)c5[nH]4)cccc32)cc1. The van der Waals surface area contributed by atoms with Crippen molar-refractivity contribution in [3.05, 3.63) is 243 Å². The summed E-state index contributed by atoms with van der Waals surface area (Å²) < 4.78 is 11.8. The number of hydrogen-bond acceptors (Lipinski definition) is 7. The standard InChI is InChI=1S/C70H44N12O/c1-2-18-41(19-3-1)79-57-32-14-5-21-46(57)63-59(79)33-17-34-60(63)82(69-75-53-28-11-12-29-54(53)76-69)70-77-55-30-16-23-44(65(55)78-70)45-37-39-61(64-47-22-6-15-35-62(47)83-66(45)64)81-56-31-13-4-20-43(56)48-40-42(36-38-58(48)81)80(67-71-49-24-7-8-25-50(49)72-67)68-73-51-26-9-10-27-52(51)74-68/h1-40H,(H,71,72)(H,73,74)(H,75,76)(H,77,78). The Labute approximate surface area is 471 Å². The minimum absolute atomic E-state index is 0.608. The van der Waals surface area contributed by atoms with E-state index in [0.717, 1.165) is 144 Å². The lowest BCUT2D eigenvalue weighted by Gasteiger charge is -2.20. The van der Waals surface area contributed by atoms with Crippen molar-refractivity contribution in [2.45, 2.75) is 0 Å². The summed E-state index contributed by atoms with van der Waals surface area (Å²) in [6.07, 6.45) is 0. The van der Waals surface area contributed by atoms with E-state index >= 15 is 0 Å². The maximum Gasteiger partial charge on any atom is 0.215 e. The van der Waals surface area contributed by atoms with Gasteiger partial charge in [0.2, 0.25) is 23.8 Å². The van der Waals surface area contributed by atoms with Crippen LogP contribution in [0.2, 0.25) is 0 Å². The molecule has 11 aromatic carbocycles. The molecule has 0 bridgehead atoms. The van der Waals surface area contributed by atoms with Gasteiger partial charge in [-0.2, -0.15) is 0 Å². The molecule has 0 aliphatic rings. The van der Waals surface area contributed by atoms with Crippen LogP contribution in [0.5, 0.6) is 0 Å². The van der Waals surface area contributed by atoms with Gasteiger partial charge in [0, 0.05) is 43.7 Å². The Morgan fingerprint density at radius 3 is 1.60 bits per heavy atom. The van der Waals surface area contributed by atoms with Gasteiger partial charge in [0.05, 0.1) is 88.6 Å². The molecule has 18 aromatic rings. The lowest BCUT2D eigenvalue weighted by atomic mass is 9.99. The highest BCUT2D eigenvalue weighted by Crippen LogP contribution is 2.47. The van der Waals surface area contributed by atoms with E-state index in [4.69, 9.17) is 24.4 Å². The molecule has 0 aliphatic carbocycles. The molecule has 13 heteroatoms. The maximum atomic E-state index is 7.10. The van der Waals surface area contributed by atoms with Crippen LogP contribution in [0, 0.1) is 0 Å². The Balaban J connectivity index is 0.827. The summed E-state index contributed by atoms with van der Waals surface area (Å²) >= 11 is 0. The van der Waals surface area contributed by atoms with Gasteiger partial charge in [-0.25, -0.2) is 29.7 Å². The molecule has 0 fully saturated rings. The van der Waals surface area contributed by atoms with Crippen molar-refractivity contribution in [1.29, 1.82) is 0 Å². The normalized spacial score (nSPS) is 12.1. The first-order valence-electron chi connectivity index (χ1n) is 27.6. The summed E-state index contributed by atoms with van der Waals surface area (Å²) in [7, 11) is 0. The Morgan fingerprint density at radius 2 is 0.892 bits per heavy atom. The predicted octanol–water partition coefficient (Wildman–Crippen LogP) is 17.9. The monoisotopic (exact) mass is 1070 g/mol. The van der Waals surface area contributed by atoms with Crippen molar-refractivity contribution in [2.75, 3.05) is 9.80 Å². The number of aromatic amines is 4. The fourth-order valence-corrected chi connectivity index (χ4v) is 12.8. The van der Waals surface area contributed by atoms with Gasteiger partial charge in [0.25, 0.3) is 0 Å². The van der Waals surface area contributed by atoms with Crippen molar-refractivity contribution in [1.82, 2.24) is 49.0 Å². The Bertz CT molecular complexity index is 5460. The third-order valence-electron chi connectivity index (χ3n) is 16.4. The number of aromatic nitrogens is 10. The quantitative estimate of drug-likeness (QED) is 0.113. The Hall–Kier alpha value is -11.7. The fourth-order valence-electron chi connectivity index (χ4n) is 12.8. The number of benzene rings is 11. The molecular weight excluding hydrogens is 1020 g/mol. The molecule has 7 aromatic heterocycles. The van der Waals surface area contributed by atoms with E-state index < -0.39 is 0 Å². The molecule has 13 nitrogen and oxygen atoms in total. The van der Waals surface area contributed by atoms with Crippen LogP contribution in [-0.4, -0.2) is 49.0 Å². The van der Waals surface area contributed by atoms with Crippen molar-refractivity contribution in [2.24, 2.45) is 0 Å². The van der Waals surface area contributed by atoms with E-state index in [1.54, 1.807) is 0 Å². The number of nitrogens with zero attached hydrogens (tertiary/aromatic N) is 8. The van der Waals surface area contributed by atoms with E-state index in [1.165, 1.54) is 0 Å². The molecule has 0 saturated heterocycles. The zero-order valence-electron chi connectivity index (χ0n) is 44.1. The highest BCUT2D eigenvalue weighted by molar-refractivity contribution is 6.19. The van der Waals surface area contributed by atoms with Crippen LogP contribution < -0.4 is 9.80 Å². The molecular formula is C70H44N12O. The highest BCUT2D eigenvalue weighted by Gasteiger charge is 2.28. The lowest BCUT2D eigenvalue weighted by Crippen LogP contribution is -2.13. The maximum absolute atomic E-state index is 7.10. The summed E-state index contributed by atoms with van der Waals surface area (Å²) in [5.74, 6) is 2.55. The number of hydrogen-bond donors (Lipinski definition) is 4. The van der Waals surface area contributed by atoms with Crippen molar-refractivity contribution < 1.29 is 4.42 Å². The second-order valence-corrected chi connectivity index (χ2v) is 21.0. The van der Waals surface area contributed by atoms with Gasteiger partial charge in [-0.3, -0.25) is 0 Å². The molecule has 18 rings (SSSR count). The van der Waals surface area contributed by atoms with Crippen LogP contribution in [0.3, 0.4) is 0 Å². The van der Waals surface area contributed by atoms with Crippen molar-refractivity contribution in [3.63, 3.8) is 0 Å². The number of furan rings is 1. The summed E-state index contributed by atoms with van der Waals surface area (Å²) in [6, 6.07) is 84.3. The molecule has 0 radical (unpaired) electrons. The number of para-hydroxylation sites is 11. The molecule has 0 unspecified atom stereocenters. The first-order valence-corrected chi connectivity index (χ1v) is 27.6. The highest BCUT2D eigenvalue weighted by atomic mass is 16.3. The molecule has 0 spiro atoms. The van der Waals surface area contributed by atoms with Gasteiger partial charge in [-0.1, -0.05) is 127 Å². The minimum Gasteiger partial charge on any atom is -0.455 e. The average molecular weight is 1070 g/mol. The molecule has 0 atom stereocenters. The largest absolute Gasteiger partial charge is 0.455 e. The van der Waals surface area contributed by atoms with Crippen molar-refractivity contribution >= 4 is 145 Å². The molecule has 7 heterocycles. The fraction of sp³-hybridized carbons (Fsp3) is 0. The summed E-state index contributed by atoms with van der Waals surface area (Å²) in [5.41, 5.74) is 18.6. The zero-order chi connectivity index (χ0) is 54.3. The second kappa shape index (κ2) is 17.4. The third-order valence-corrected chi connectivity index (χ3v) is 16.4. The van der Waals surface area contributed by atoms with Crippen LogP contribution >= 0.6 is 0 Å². The molecule has 0 aliphatic heterocycles. The first-order chi connectivity index (χ1) is 41.1. The van der Waals surface area contributed by atoms with Gasteiger partial charge in [-0.15, -0.1) is 0 Å². The van der Waals surface area contributed by atoms with Crippen LogP contribution in [0.1, 0.15) is 0 Å². The summed E-state index contributed by atoms with van der Waals surface area (Å²) in [6.45, 7) is 0. The van der Waals surface area contributed by atoms with Gasteiger partial charge in [0.15, 0.2) is 0 Å². The second-order valence-electron chi connectivity index (χ2n) is 21.0. The van der Waals surface area contributed by atoms with Gasteiger partial charge in [-0.05, 0) is 115 Å². The molecule has 83 heavy (non-hydrogen) atoms. The number of imidazole rings is 4. The third kappa shape index (κ3) is 6.76. The van der Waals surface area contributed by atoms with Gasteiger partial charge < -0.3 is 33.5 Å². The minimum atomic E-state index is 0.608. The molecule has 0 amide bonds. The van der Waals surface area contributed by atoms with E-state index in [0.29, 0.717) is 23.8 Å². The summed E-state index contributed by atoms with van der Waals surface area (Å²) in [5, 5.41) is 6.38. The number of fused-ring (bicyclic) bond motifs is 13. The van der Waals surface area contributed by atoms with E-state index in [-0.39, 0.29) is 0 Å². The van der Waals surface area contributed by atoms with Crippen LogP contribution in [0.4, 0.5) is 35.2 Å². The van der Waals surface area contributed by atoms with Crippen LogP contribution in [0.15, 0.2) is 247 Å². The zero-order valence-corrected chi connectivity index (χ0v) is 44.1. The van der Waals surface area contributed by atoms with E-state index in [1.807, 2.05) is 72.8 Å². The predicted molar refractivity (Wildman–Crippen MR) is 336 cm³/mol. The average Bonchev–Trinajstić information content (AvgIpc) is 3.61. The van der Waals surface area contributed by atoms with Crippen molar-refractivity contribution in [3.8, 4) is 22.5 Å². The number of anilines is 6. The number of rotatable bonds is 9. The molecule has 0 saturated carbocycles. The lowest BCUT2D eigenvalue weighted by molar-refractivity contribution is 0.670. The Morgan fingerprint density at radius 1 is 0.349 bits per heavy atom. The molecule has 390 valence electrons. The van der Waals surface area contributed by atoms with Gasteiger partial charge in [0.1, 0.15) is 11.2 Å². The summed E-state index contributed by atoms with van der Waals surface area (Å²) in [4.78, 5) is 39.8. The topological polar surface area (TPSA) is 144 Å². The van der Waals surface area contributed by atoms with Crippen LogP contribution in [-0.2, 0) is 0 Å². The Kier molecular flexibility index (Phi) is 9.47. The van der Waals surface area contributed by atoms with Gasteiger partial charge >= 0.3 is 0 Å². The van der Waals surface area contributed by atoms with E-state index in [9.17, 15) is 0 Å². The van der Waals surface area contributed by atoms with E-state index in [2.05, 4.69) is 209 Å². The smallest absolute Gasteiger partial charge is 0.215 e. The number of H-pyrrole nitrogens is 4. The van der Waals surface area contributed by atoms with Crippen LogP contribution in [0.25, 0.3) is 132 Å². The number of nitrogens with one attached hydrogen (secondary N) is 4. The first kappa shape index (κ1) is 45.2. The molecule has 4 N–H and O–H groups in total.